The molecule has 3 N–H and O–H groups in total. The minimum atomic E-state index is -3.35. The van der Waals surface area contributed by atoms with E-state index in [1.165, 1.54) is 11.4 Å². The molecular formula is C7H17N3O3S. The van der Waals surface area contributed by atoms with Gasteiger partial charge in [-0.15, -0.1) is 0 Å². The van der Waals surface area contributed by atoms with E-state index >= 15 is 0 Å². The highest BCUT2D eigenvalue weighted by Crippen LogP contribution is 2.12. The molecule has 0 amide bonds. The van der Waals surface area contributed by atoms with Crippen molar-refractivity contribution in [3.63, 3.8) is 0 Å². The first-order valence-corrected chi connectivity index (χ1v) is 5.97. The van der Waals surface area contributed by atoms with Gasteiger partial charge in [-0.2, -0.15) is 12.7 Å². The van der Waals surface area contributed by atoms with E-state index in [0.29, 0.717) is 19.6 Å². The number of ether oxygens (including phenoxy) is 1. The van der Waals surface area contributed by atoms with Crippen molar-refractivity contribution in [2.45, 2.75) is 19.1 Å². The summed E-state index contributed by atoms with van der Waals surface area (Å²) in [6.07, 6.45) is -0.317. The van der Waals surface area contributed by atoms with Crippen LogP contribution in [0.25, 0.3) is 0 Å². The van der Waals surface area contributed by atoms with E-state index in [2.05, 4.69) is 4.72 Å². The van der Waals surface area contributed by atoms with Gasteiger partial charge in [0.15, 0.2) is 0 Å². The van der Waals surface area contributed by atoms with Gasteiger partial charge in [-0.1, -0.05) is 0 Å². The van der Waals surface area contributed by atoms with Crippen LogP contribution < -0.4 is 10.5 Å². The molecule has 0 saturated carbocycles. The van der Waals surface area contributed by atoms with Crippen LogP contribution in [-0.2, 0) is 14.9 Å². The van der Waals surface area contributed by atoms with Gasteiger partial charge in [-0.25, -0.2) is 4.72 Å². The highest BCUT2D eigenvalue weighted by atomic mass is 32.2. The summed E-state index contributed by atoms with van der Waals surface area (Å²) in [4.78, 5) is 0. The lowest BCUT2D eigenvalue weighted by atomic mass is 10.2. The van der Waals surface area contributed by atoms with Crippen LogP contribution in [0.1, 0.15) is 6.92 Å². The molecule has 0 aromatic heterocycles. The average molecular weight is 223 g/mol. The molecule has 1 aliphatic rings. The third-order valence-corrected chi connectivity index (χ3v) is 3.65. The minimum Gasteiger partial charge on any atom is -0.371 e. The summed E-state index contributed by atoms with van der Waals surface area (Å²) in [7, 11) is -1.95. The van der Waals surface area contributed by atoms with Crippen LogP contribution in [-0.4, -0.2) is 51.6 Å². The topological polar surface area (TPSA) is 84.7 Å². The third-order valence-electron chi connectivity index (χ3n) is 2.15. The van der Waals surface area contributed by atoms with Crippen LogP contribution in [0.4, 0.5) is 0 Å². The Kier molecular flexibility index (Phi) is 3.85. The Morgan fingerprint density at radius 1 is 1.57 bits per heavy atom. The molecule has 6 nitrogen and oxygen atoms in total. The Morgan fingerprint density at radius 2 is 2.21 bits per heavy atom. The van der Waals surface area contributed by atoms with E-state index < -0.39 is 10.2 Å². The number of morpholine rings is 1. The lowest BCUT2D eigenvalue weighted by Gasteiger charge is -2.35. The molecule has 2 unspecified atom stereocenters. The zero-order valence-corrected chi connectivity index (χ0v) is 9.25. The van der Waals surface area contributed by atoms with Crippen molar-refractivity contribution in [3.8, 4) is 0 Å². The third kappa shape index (κ3) is 2.64. The Labute approximate surface area is 84.6 Å². The molecule has 14 heavy (non-hydrogen) atoms. The maximum Gasteiger partial charge on any atom is 0.279 e. The predicted octanol–water partition coefficient (Wildman–Crippen LogP) is -1.50. The summed E-state index contributed by atoms with van der Waals surface area (Å²) >= 11 is 0. The van der Waals surface area contributed by atoms with E-state index in [-0.39, 0.29) is 12.2 Å². The summed E-state index contributed by atoms with van der Waals surface area (Å²) in [6.45, 7) is 2.86. The minimum absolute atomic E-state index is 0.111. The summed E-state index contributed by atoms with van der Waals surface area (Å²) in [5.41, 5.74) is 5.45. The van der Waals surface area contributed by atoms with E-state index in [0.717, 1.165) is 0 Å². The van der Waals surface area contributed by atoms with Crippen molar-refractivity contribution in [2.24, 2.45) is 5.73 Å². The first-order valence-electron chi connectivity index (χ1n) is 4.53. The van der Waals surface area contributed by atoms with Crippen molar-refractivity contribution in [3.05, 3.63) is 0 Å². The second-order valence-corrected chi connectivity index (χ2v) is 5.21. The van der Waals surface area contributed by atoms with E-state index in [1.807, 2.05) is 6.92 Å². The van der Waals surface area contributed by atoms with E-state index in [9.17, 15) is 8.42 Å². The van der Waals surface area contributed by atoms with Gasteiger partial charge < -0.3 is 10.5 Å². The Balaban J connectivity index is 2.71. The largest absolute Gasteiger partial charge is 0.371 e. The number of hydrogen-bond donors (Lipinski definition) is 2. The van der Waals surface area contributed by atoms with Gasteiger partial charge in [0.05, 0.1) is 12.2 Å². The van der Waals surface area contributed by atoms with Crippen LogP contribution in [0, 0.1) is 0 Å². The Hall–Kier alpha value is -0.210. The van der Waals surface area contributed by atoms with Gasteiger partial charge in [0.2, 0.25) is 0 Å². The smallest absolute Gasteiger partial charge is 0.279 e. The Bertz CT molecular complexity index is 280. The quantitative estimate of drug-likeness (QED) is 0.610. The van der Waals surface area contributed by atoms with Gasteiger partial charge >= 0.3 is 0 Å². The lowest BCUT2D eigenvalue weighted by Crippen LogP contribution is -2.53. The molecule has 1 saturated heterocycles. The number of hydrogen-bond acceptors (Lipinski definition) is 4. The summed E-state index contributed by atoms with van der Waals surface area (Å²) in [5.74, 6) is 0. The van der Waals surface area contributed by atoms with Gasteiger partial charge in [0.1, 0.15) is 0 Å². The van der Waals surface area contributed by atoms with Crippen molar-refractivity contribution in [1.82, 2.24) is 9.03 Å². The van der Waals surface area contributed by atoms with Crippen LogP contribution in [0.5, 0.6) is 0 Å². The van der Waals surface area contributed by atoms with E-state index in [4.69, 9.17) is 10.5 Å². The summed E-state index contributed by atoms with van der Waals surface area (Å²) < 4.78 is 32.0. The zero-order valence-electron chi connectivity index (χ0n) is 8.43. The molecule has 0 spiro atoms. The molecule has 0 aromatic rings. The number of nitrogens with one attached hydrogen (secondary N) is 1. The normalized spacial score (nSPS) is 30.5. The highest BCUT2D eigenvalue weighted by Gasteiger charge is 2.31. The molecule has 0 bridgehead atoms. The van der Waals surface area contributed by atoms with Gasteiger partial charge in [0, 0.05) is 26.7 Å². The number of nitrogens with zero attached hydrogens (tertiary/aromatic N) is 1. The van der Waals surface area contributed by atoms with Gasteiger partial charge in [-0.05, 0) is 6.92 Å². The maximum atomic E-state index is 11.5. The van der Waals surface area contributed by atoms with Crippen LogP contribution in [0.15, 0.2) is 0 Å². The second-order valence-electron chi connectivity index (χ2n) is 3.33. The van der Waals surface area contributed by atoms with Crippen LogP contribution >= 0.6 is 0 Å². The summed E-state index contributed by atoms with van der Waals surface area (Å²) in [6, 6.07) is 0. The van der Waals surface area contributed by atoms with Crippen LogP contribution in [0.2, 0.25) is 0 Å². The maximum absolute atomic E-state index is 11.5. The molecule has 1 aliphatic heterocycles. The molecule has 7 heteroatoms. The molecular weight excluding hydrogens is 206 g/mol. The van der Waals surface area contributed by atoms with Crippen LogP contribution in [0.3, 0.4) is 0 Å². The van der Waals surface area contributed by atoms with Gasteiger partial charge in [-0.3, -0.25) is 0 Å². The Morgan fingerprint density at radius 3 is 2.71 bits per heavy atom. The molecule has 84 valence electrons. The zero-order chi connectivity index (χ0) is 10.8. The number of rotatable bonds is 3. The van der Waals surface area contributed by atoms with Crippen molar-refractivity contribution in [2.75, 3.05) is 26.7 Å². The van der Waals surface area contributed by atoms with E-state index in [1.54, 1.807) is 0 Å². The molecule has 1 heterocycles. The monoisotopic (exact) mass is 223 g/mol. The highest BCUT2D eigenvalue weighted by molar-refractivity contribution is 7.87. The SMILES string of the molecule is CNS(=O)(=O)N1CC(C)OC(CN)C1. The first-order chi connectivity index (χ1) is 6.49. The first kappa shape index (κ1) is 11.9. The van der Waals surface area contributed by atoms with Crippen molar-refractivity contribution >= 4 is 10.2 Å². The molecule has 0 aromatic carbocycles. The standard InChI is InChI=1S/C7H17N3O3S/c1-6-4-10(14(11,12)9-2)5-7(3-8)13-6/h6-7,9H,3-5,8H2,1-2H3. The average Bonchev–Trinajstić information content (AvgIpc) is 2.16. The fourth-order valence-electron chi connectivity index (χ4n) is 1.46. The molecule has 0 aliphatic carbocycles. The fraction of sp³-hybridized carbons (Fsp3) is 1.00. The molecule has 1 rings (SSSR count). The lowest BCUT2D eigenvalue weighted by molar-refractivity contribution is -0.0488. The fourth-order valence-corrected chi connectivity index (χ4v) is 2.49. The van der Waals surface area contributed by atoms with Crippen molar-refractivity contribution in [1.29, 1.82) is 0 Å². The van der Waals surface area contributed by atoms with Gasteiger partial charge in [0.25, 0.3) is 10.2 Å². The summed E-state index contributed by atoms with van der Waals surface area (Å²) in [5, 5.41) is 0. The number of nitrogens with two attached hydrogens (primary N) is 1. The molecule has 2 atom stereocenters. The predicted molar refractivity (Wildman–Crippen MR) is 52.9 cm³/mol. The second kappa shape index (κ2) is 4.54. The molecule has 1 fully saturated rings. The molecule has 0 radical (unpaired) electrons. The van der Waals surface area contributed by atoms with Crippen molar-refractivity contribution < 1.29 is 13.2 Å².